The Labute approximate surface area is 135 Å². The predicted octanol–water partition coefficient (Wildman–Crippen LogP) is 4.98. The van der Waals surface area contributed by atoms with Crippen LogP contribution in [0, 0.1) is 0 Å². The van der Waals surface area contributed by atoms with E-state index in [9.17, 15) is 0 Å². The minimum Gasteiger partial charge on any atom is -0.291 e. The van der Waals surface area contributed by atoms with E-state index in [1.54, 1.807) is 0 Å². The number of hydrogen-bond donors (Lipinski definition) is 0. The van der Waals surface area contributed by atoms with Crippen LogP contribution < -0.4 is 0 Å². The molecular weight excluding hydrogens is 296 g/mol. The Morgan fingerprint density at radius 3 is 2.81 bits per heavy atom. The highest BCUT2D eigenvalue weighted by Crippen LogP contribution is 2.33. The number of thiophene rings is 1. The van der Waals surface area contributed by atoms with Gasteiger partial charge in [-0.1, -0.05) is 12.8 Å². The molecule has 3 heterocycles. The summed E-state index contributed by atoms with van der Waals surface area (Å²) in [5.74, 6) is 0. The minimum atomic E-state index is 0.551. The second-order valence-electron chi connectivity index (χ2n) is 5.54. The van der Waals surface area contributed by atoms with Gasteiger partial charge in [-0.2, -0.15) is 0 Å². The molecule has 1 aliphatic rings. The van der Waals surface area contributed by atoms with Gasteiger partial charge < -0.3 is 0 Å². The number of aromatic nitrogens is 1. The van der Waals surface area contributed by atoms with Gasteiger partial charge in [-0.25, -0.2) is 0 Å². The van der Waals surface area contributed by atoms with Crippen LogP contribution in [0.2, 0.25) is 0 Å². The average molecular weight is 319 g/mol. The first kappa shape index (κ1) is 15.1. The van der Waals surface area contributed by atoms with Crippen molar-refractivity contribution in [1.82, 2.24) is 9.88 Å². The fourth-order valence-electron chi connectivity index (χ4n) is 3.07. The van der Waals surface area contributed by atoms with E-state index in [0.717, 1.165) is 6.54 Å². The molecule has 21 heavy (non-hydrogen) atoms. The van der Waals surface area contributed by atoms with E-state index in [2.05, 4.69) is 40.4 Å². The Hall–Kier alpha value is -0.840. The van der Waals surface area contributed by atoms with Crippen molar-refractivity contribution in [3.05, 3.63) is 47.1 Å². The zero-order chi connectivity index (χ0) is 14.5. The molecule has 0 aromatic carbocycles. The lowest BCUT2D eigenvalue weighted by Gasteiger charge is -2.29. The lowest BCUT2D eigenvalue weighted by atomic mass is 10.0. The number of thioether (sulfide) groups is 1. The maximum Gasteiger partial charge on any atom is 0.0599 e. The smallest absolute Gasteiger partial charge is 0.0599 e. The second kappa shape index (κ2) is 7.43. The quantitative estimate of drug-likeness (QED) is 0.739. The molecule has 0 aliphatic carbocycles. The Morgan fingerprint density at radius 1 is 1.19 bits per heavy atom. The monoisotopic (exact) mass is 318 g/mol. The van der Waals surface area contributed by atoms with Crippen LogP contribution in [0.25, 0.3) is 0 Å². The summed E-state index contributed by atoms with van der Waals surface area (Å²) in [5.41, 5.74) is 1.42. The van der Waals surface area contributed by atoms with Gasteiger partial charge in [0.25, 0.3) is 0 Å². The molecule has 4 heteroatoms. The Kier molecular flexibility index (Phi) is 5.33. The van der Waals surface area contributed by atoms with Gasteiger partial charge in [0.1, 0.15) is 0 Å². The lowest BCUT2D eigenvalue weighted by molar-refractivity contribution is 0.194. The van der Waals surface area contributed by atoms with Crippen LogP contribution in [0.1, 0.15) is 42.2 Å². The molecule has 2 aromatic rings. The maximum absolute atomic E-state index is 4.17. The minimum absolute atomic E-state index is 0.551. The van der Waals surface area contributed by atoms with Gasteiger partial charge in [0.05, 0.1) is 4.21 Å². The first-order valence-corrected chi connectivity index (χ1v) is 9.67. The van der Waals surface area contributed by atoms with Gasteiger partial charge in [0, 0.05) is 29.9 Å². The van der Waals surface area contributed by atoms with Crippen LogP contribution in [0.5, 0.6) is 0 Å². The average Bonchev–Trinajstić information content (AvgIpc) is 2.86. The molecule has 1 aliphatic heterocycles. The highest BCUT2D eigenvalue weighted by molar-refractivity contribution is 8.00. The highest BCUT2D eigenvalue weighted by Gasteiger charge is 2.23. The van der Waals surface area contributed by atoms with Crippen molar-refractivity contribution >= 4 is 23.1 Å². The van der Waals surface area contributed by atoms with Crippen LogP contribution in [0.4, 0.5) is 0 Å². The first-order chi connectivity index (χ1) is 10.4. The summed E-state index contributed by atoms with van der Waals surface area (Å²) < 4.78 is 1.42. The Bertz CT molecular complexity index is 553. The number of nitrogens with zero attached hydrogens (tertiary/aromatic N) is 2. The third-order valence-corrected chi connectivity index (χ3v) is 6.30. The van der Waals surface area contributed by atoms with Crippen LogP contribution in [-0.4, -0.2) is 22.7 Å². The third-order valence-electron chi connectivity index (χ3n) is 4.15. The van der Waals surface area contributed by atoms with E-state index in [-0.39, 0.29) is 0 Å². The largest absolute Gasteiger partial charge is 0.291 e. The van der Waals surface area contributed by atoms with Gasteiger partial charge in [-0.15, -0.1) is 23.1 Å². The molecule has 3 rings (SSSR count). The maximum atomic E-state index is 4.17. The molecule has 1 fully saturated rings. The molecule has 1 unspecified atom stereocenters. The molecular formula is C17H22N2S2. The first-order valence-electron chi connectivity index (χ1n) is 7.63. The summed E-state index contributed by atoms with van der Waals surface area (Å²) in [6, 6.07) is 9.47. The van der Waals surface area contributed by atoms with Crippen molar-refractivity contribution in [2.24, 2.45) is 0 Å². The van der Waals surface area contributed by atoms with Crippen molar-refractivity contribution in [2.75, 3.05) is 12.8 Å². The van der Waals surface area contributed by atoms with Crippen molar-refractivity contribution in [2.45, 2.75) is 42.5 Å². The van der Waals surface area contributed by atoms with Crippen LogP contribution in [0.15, 0.2) is 40.9 Å². The van der Waals surface area contributed by atoms with E-state index in [4.69, 9.17) is 0 Å². The number of hydrogen-bond acceptors (Lipinski definition) is 4. The van der Waals surface area contributed by atoms with Gasteiger partial charge in [-0.05, 0) is 55.5 Å². The number of rotatable bonds is 4. The molecule has 2 aromatic heterocycles. The van der Waals surface area contributed by atoms with Crippen molar-refractivity contribution in [1.29, 1.82) is 0 Å². The summed E-state index contributed by atoms with van der Waals surface area (Å²) in [6.07, 6.45) is 11.3. The van der Waals surface area contributed by atoms with Crippen LogP contribution in [-0.2, 0) is 6.54 Å². The molecule has 0 N–H and O–H groups in total. The molecule has 0 spiro atoms. The van der Waals surface area contributed by atoms with Gasteiger partial charge in [0.2, 0.25) is 0 Å². The topological polar surface area (TPSA) is 16.1 Å². The fourth-order valence-corrected chi connectivity index (χ4v) is 4.69. The van der Waals surface area contributed by atoms with Gasteiger partial charge >= 0.3 is 0 Å². The third kappa shape index (κ3) is 3.87. The van der Waals surface area contributed by atoms with Crippen LogP contribution in [0.3, 0.4) is 0 Å². The predicted molar refractivity (Wildman–Crippen MR) is 92.0 cm³/mol. The van der Waals surface area contributed by atoms with Crippen molar-refractivity contribution in [3.8, 4) is 0 Å². The standard InChI is InChI=1S/C17H22N2S2/c1-20-17-7-6-15(21-17)13-19-12-4-2-3-5-16(19)14-8-10-18-11-9-14/h6-11,16H,2-5,12-13H2,1H3. The summed E-state index contributed by atoms with van der Waals surface area (Å²) in [4.78, 5) is 8.32. The Morgan fingerprint density at radius 2 is 2.05 bits per heavy atom. The normalized spacial score (nSPS) is 20.3. The zero-order valence-electron chi connectivity index (χ0n) is 12.5. The van der Waals surface area contributed by atoms with Gasteiger partial charge in [-0.3, -0.25) is 9.88 Å². The molecule has 0 amide bonds. The summed E-state index contributed by atoms with van der Waals surface area (Å²) in [6.45, 7) is 2.29. The summed E-state index contributed by atoms with van der Waals surface area (Å²) in [7, 11) is 0. The van der Waals surface area contributed by atoms with E-state index in [1.165, 1.54) is 46.9 Å². The Balaban J connectivity index is 1.78. The molecule has 112 valence electrons. The van der Waals surface area contributed by atoms with Crippen molar-refractivity contribution < 1.29 is 0 Å². The lowest BCUT2D eigenvalue weighted by Crippen LogP contribution is -2.27. The molecule has 1 atom stereocenters. The van der Waals surface area contributed by atoms with Gasteiger partial charge in [0.15, 0.2) is 0 Å². The molecule has 1 saturated heterocycles. The molecule has 0 saturated carbocycles. The van der Waals surface area contributed by atoms with E-state index in [0.29, 0.717) is 6.04 Å². The number of likely N-dealkylation sites (tertiary alicyclic amines) is 1. The zero-order valence-corrected chi connectivity index (χ0v) is 14.1. The molecule has 0 bridgehead atoms. The summed E-state index contributed by atoms with van der Waals surface area (Å²) in [5, 5.41) is 0. The van der Waals surface area contributed by atoms with Crippen LogP contribution >= 0.6 is 23.1 Å². The summed E-state index contributed by atoms with van der Waals surface area (Å²) >= 11 is 3.78. The van der Waals surface area contributed by atoms with Crippen molar-refractivity contribution in [3.63, 3.8) is 0 Å². The highest BCUT2D eigenvalue weighted by atomic mass is 32.2. The van der Waals surface area contributed by atoms with E-state index in [1.807, 2.05) is 35.5 Å². The molecule has 0 radical (unpaired) electrons. The van der Waals surface area contributed by atoms with E-state index < -0.39 is 0 Å². The van der Waals surface area contributed by atoms with E-state index >= 15 is 0 Å². The molecule has 2 nitrogen and oxygen atoms in total. The fraction of sp³-hybridized carbons (Fsp3) is 0.471. The SMILES string of the molecule is CSc1ccc(CN2CCCCCC2c2ccncc2)s1. The second-order valence-corrected chi connectivity index (χ2v) is 7.82. The number of pyridine rings is 1.